The summed E-state index contributed by atoms with van der Waals surface area (Å²) in [6.07, 6.45) is 3.27. The van der Waals surface area contributed by atoms with Crippen LogP contribution in [0.5, 0.6) is 0 Å². The summed E-state index contributed by atoms with van der Waals surface area (Å²) in [6, 6.07) is 4.56. The highest BCUT2D eigenvalue weighted by Crippen LogP contribution is 2.32. The van der Waals surface area contributed by atoms with Crippen LogP contribution in [-0.2, 0) is 20.9 Å². The number of rotatable bonds is 4. The zero-order valence-electron chi connectivity index (χ0n) is 17.2. The van der Waals surface area contributed by atoms with Gasteiger partial charge < -0.3 is 15.4 Å². The lowest BCUT2D eigenvalue weighted by molar-refractivity contribution is -0.136. The summed E-state index contributed by atoms with van der Waals surface area (Å²) in [5, 5.41) is 9.40. The van der Waals surface area contributed by atoms with Gasteiger partial charge in [-0.25, -0.2) is 0 Å². The summed E-state index contributed by atoms with van der Waals surface area (Å²) in [7, 11) is 0. The Hall–Kier alpha value is -2.62. The van der Waals surface area contributed by atoms with Crippen molar-refractivity contribution < 1.29 is 23.9 Å². The van der Waals surface area contributed by atoms with E-state index in [1.165, 1.54) is 0 Å². The van der Waals surface area contributed by atoms with Crippen LogP contribution in [0.2, 0.25) is 0 Å². The topological polar surface area (TPSA) is 117 Å². The van der Waals surface area contributed by atoms with Crippen LogP contribution in [0.25, 0.3) is 0 Å². The zero-order chi connectivity index (χ0) is 21.6. The second-order valence-corrected chi connectivity index (χ2v) is 8.84. The van der Waals surface area contributed by atoms with Gasteiger partial charge in [-0.05, 0) is 37.3 Å². The first-order valence-electron chi connectivity index (χ1n) is 10.9. The van der Waals surface area contributed by atoms with Crippen LogP contribution in [0.3, 0.4) is 0 Å². The molecule has 5 rings (SSSR count). The second kappa shape index (κ2) is 7.81. The lowest BCUT2D eigenvalue weighted by atomic mass is 9.87. The van der Waals surface area contributed by atoms with Gasteiger partial charge in [0, 0.05) is 44.3 Å². The second-order valence-electron chi connectivity index (χ2n) is 8.84. The van der Waals surface area contributed by atoms with E-state index in [-0.39, 0.29) is 30.3 Å². The fraction of sp³-hybridized carbons (Fsp3) is 0.545. The van der Waals surface area contributed by atoms with Gasteiger partial charge in [0.1, 0.15) is 6.04 Å². The quantitative estimate of drug-likeness (QED) is 0.584. The molecule has 4 aliphatic rings. The van der Waals surface area contributed by atoms with Gasteiger partial charge in [0.25, 0.3) is 11.8 Å². The van der Waals surface area contributed by atoms with E-state index in [0.717, 1.165) is 49.5 Å². The Morgan fingerprint density at radius 2 is 1.94 bits per heavy atom. The van der Waals surface area contributed by atoms with E-state index in [1.54, 1.807) is 12.1 Å². The SMILES string of the molecule is O=C1CCC(N2C(=O)c3cccc(CNC4CNC5(CCOCC5)C4)c3C2=O)C(=O)N1. The molecule has 0 aliphatic carbocycles. The van der Waals surface area contributed by atoms with Gasteiger partial charge in [-0.3, -0.25) is 29.4 Å². The summed E-state index contributed by atoms with van der Waals surface area (Å²) in [5.41, 5.74) is 1.55. The van der Waals surface area contributed by atoms with Crippen molar-refractivity contribution in [2.75, 3.05) is 19.8 Å². The third kappa shape index (κ3) is 3.56. The fourth-order valence-corrected chi connectivity index (χ4v) is 5.23. The number of ether oxygens (including phenoxy) is 1. The molecular formula is C22H26N4O5. The maximum absolute atomic E-state index is 13.2. The van der Waals surface area contributed by atoms with E-state index in [2.05, 4.69) is 16.0 Å². The first-order valence-corrected chi connectivity index (χ1v) is 10.9. The Morgan fingerprint density at radius 1 is 1.13 bits per heavy atom. The highest BCUT2D eigenvalue weighted by atomic mass is 16.5. The lowest BCUT2D eigenvalue weighted by Gasteiger charge is -2.33. The molecule has 3 fully saturated rings. The molecule has 0 saturated carbocycles. The Bertz CT molecular complexity index is 955. The van der Waals surface area contributed by atoms with Gasteiger partial charge >= 0.3 is 0 Å². The minimum Gasteiger partial charge on any atom is -0.381 e. The number of fused-ring (bicyclic) bond motifs is 1. The first-order chi connectivity index (χ1) is 15.0. The molecule has 1 aromatic carbocycles. The minimum absolute atomic E-state index is 0.111. The van der Waals surface area contributed by atoms with Crippen LogP contribution in [-0.4, -0.2) is 65.9 Å². The van der Waals surface area contributed by atoms with Crippen LogP contribution >= 0.6 is 0 Å². The van der Waals surface area contributed by atoms with Crippen LogP contribution < -0.4 is 16.0 Å². The molecule has 2 atom stereocenters. The normalized spacial score (nSPS) is 27.7. The molecule has 3 N–H and O–H groups in total. The van der Waals surface area contributed by atoms with E-state index in [4.69, 9.17) is 4.74 Å². The third-order valence-electron chi connectivity index (χ3n) is 6.95. The average molecular weight is 426 g/mol. The predicted molar refractivity (Wildman–Crippen MR) is 109 cm³/mol. The van der Waals surface area contributed by atoms with Gasteiger partial charge in [-0.2, -0.15) is 0 Å². The number of imide groups is 2. The molecule has 4 aliphatic heterocycles. The highest BCUT2D eigenvalue weighted by Gasteiger charge is 2.45. The number of piperidine rings is 1. The Labute approximate surface area is 179 Å². The molecule has 0 aromatic heterocycles. The molecule has 0 bridgehead atoms. The number of amides is 4. The Kier molecular flexibility index (Phi) is 5.11. The molecule has 4 amide bonds. The molecule has 9 heteroatoms. The summed E-state index contributed by atoms with van der Waals surface area (Å²) in [6.45, 7) is 2.87. The van der Waals surface area contributed by atoms with Crippen molar-refractivity contribution in [2.45, 2.75) is 56.3 Å². The zero-order valence-corrected chi connectivity index (χ0v) is 17.2. The highest BCUT2D eigenvalue weighted by molar-refractivity contribution is 6.24. The van der Waals surface area contributed by atoms with Crippen molar-refractivity contribution >= 4 is 23.6 Å². The van der Waals surface area contributed by atoms with Gasteiger partial charge in [0.15, 0.2) is 0 Å². The van der Waals surface area contributed by atoms with Gasteiger partial charge in [-0.15, -0.1) is 0 Å². The van der Waals surface area contributed by atoms with E-state index in [9.17, 15) is 19.2 Å². The van der Waals surface area contributed by atoms with Crippen molar-refractivity contribution in [3.05, 3.63) is 34.9 Å². The number of nitrogens with one attached hydrogen (secondary N) is 3. The van der Waals surface area contributed by atoms with Crippen molar-refractivity contribution in [3.63, 3.8) is 0 Å². The molecule has 9 nitrogen and oxygen atoms in total. The summed E-state index contributed by atoms with van der Waals surface area (Å²) >= 11 is 0. The number of hydrogen-bond donors (Lipinski definition) is 3. The van der Waals surface area contributed by atoms with Crippen LogP contribution in [0.4, 0.5) is 0 Å². The fourth-order valence-electron chi connectivity index (χ4n) is 5.23. The number of hydrogen-bond acceptors (Lipinski definition) is 7. The summed E-state index contributed by atoms with van der Waals surface area (Å²) < 4.78 is 5.48. The summed E-state index contributed by atoms with van der Waals surface area (Å²) in [5.74, 6) is -1.91. The van der Waals surface area contributed by atoms with Gasteiger partial charge in [0.05, 0.1) is 11.1 Å². The molecule has 4 heterocycles. The molecule has 3 saturated heterocycles. The van der Waals surface area contributed by atoms with Gasteiger partial charge in [0.2, 0.25) is 11.8 Å². The van der Waals surface area contributed by atoms with Crippen LogP contribution in [0.1, 0.15) is 58.4 Å². The number of carbonyl (C=O) groups excluding carboxylic acids is 4. The number of benzene rings is 1. The van der Waals surface area contributed by atoms with Gasteiger partial charge in [-0.1, -0.05) is 12.1 Å². The van der Waals surface area contributed by atoms with E-state index < -0.39 is 23.8 Å². The first kappa shape index (κ1) is 20.3. The summed E-state index contributed by atoms with van der Waals surface area (Å²) in [4.78, 5) is 50.9. The van der Waals surface area contributed by atoms with Crippen LogP contribution in [0.15, 0.2) is 18.2 Å². The average Bonchev–Trinajstić information content (AvgIpc) is 3.26. The largest absolute Gasteiger partial charge is 0.381 e. The molecule has 164 valence electrons. The van der Waals surface area contributed by atoms with Crippen molar-refractivity contribution in [3.8, 4) is 0 Å². The predicted octanol–water partition coefficient (Wildman–Crippen LogP) is 0.0885. The standard InChI is InChI=1S/C22H26N4O5/c27-17-5-4-16(19(28)25-17)26-20(29)15-3-1-2-13(18(15)21(26)30)11-23-14-10-22(24-12-14)6-8-31-9-7-22/h1-3,14,16,23-24H,4-12H2,(H,25,27,28). The molecule has 0 radical (unpaired) electrons. The smallest absolute Gasteiger partial charge is 0.262 e. The monoisotopic (exact) mass is 426 g/mol. The lowest BCUT2D eigenvalue weighted by Crippen LogP contribution is -2.54. The van der Waals surface area contributed by atoms with Crippen molar-refractivity contribution in [1.29, 1.82) is 0 Å². The van der Waals surface area contributed by atoms with E-state index in [1.807, 2.05) is 6.07 Å². The molecule has 1 spiro atoms. The van der Waals surface area contributed by atoms with E-state index in [0.29, 0.717) is 17.7 Å². The maximum Gasteiger partial charge on any atom is 0.262 e. The molecule has 1 aromatic rings. The number of carbonyl (C=O) groups is 4. The van der Waals surface area contributed by atoms with Crippen LogP contribution in [0, 0.1) is 0 Å². The maximum atomic E-state index is 13.2. The van der Waals surface area contributed by atoms with Crippen molar-refractivity contribution in [1.82, 2.24) is 20.9 Å². The Balaban J connectivity index is 1.30. The Morgan fingerprint density at radius 3 is 2.71 bits per heavy atom. The van der Waals surface area contributed by atoms with E-state index >= 15 is 0 Å². The third-order valence-corrected chi connectivity index (χ3v) is 6.95. The van der Waals surface area contributed by atoms with Crippen molar-refractivity contribution in [2.24, 2.45) is 0 Å². The molecule has 2 unspecified atom stereocenters. The molecule has 31 heavy (non-hydrogen) atoms. The molecular weight excluding hydrogens is 400 g/mol. The number of nitrogens with zero attached hydrogens (tertiary/aromatic N) is 1. The minimum atomic E-state index is -0.946.